The fraction of sp³-hybridized carbons (Fsp3) is 0.235. The number of ether oxygens (including phenoxy) is 2. The van der Waals surface area contributed by atoms with E-state index in [9.17, 15) is 5.26 Å². The van der Waals surface area contributed by atoms with Crippen LogP contribution in [0.2, 0.25) is 0 Å². The smallest absolute Gasteiger partial charge is 0.231 e. The maximum absolute atomic E-state index is 9.38. The highest BCUT2D eigenvalue weighted by Crippen LogP contribution is 2.32. The standard InChI is InChI=1S/C17H16N2O2/c1-12-4-2-3-5-14(12)15(9-18)19-10-13-6-7-16-17(8-13)21-11-20-16/h2-8,15,19H,10-11H2,1H3. The van der Waals surface area contributed by atoms with Gasteiger partial charge in [-0.1, -0.05) is 30.3 Å². The Morgan fingerprint density at radius 2 is 2.00 bits per heavy atom. The number of nitrogens with zero attached hydrogens (tertiary/aromatic N) is 1. The van der Waals surface area contributed by atoms with Crippen LogP contribution in [-0.4, -0.2) is 6.79 Å². The summed E-state index contributed by atoms with van der Waals surface area (Å²) in [6.45, 7) is 2.89. The van der Waals surface area contributed by atoms with Gasteiger partial charge in [0.15, 0.2) is 11.5 Å². The Kier molecular flexibility index (Phi) is 3.76. The van der Waals surface area contributed by atoms with Gasteiger partial charge in [0.2, 0.25) is 6.79 Å². The molecule has 0 fully saturated rings. The highest BCUT2D eigenvalue weighted by molar-refractivity contribution is 5.44. The number of fused-ring (bicyclic) bond motifs is 1. The number of hydrogen-bond acceptors (Lipinski definition) is 4. The number of nitrogens with one attached hydrogen (secondary N) is 1. The Morgan fingerprint density at radius 1 is 1.19 bits per heavy atom. The van der Waals surface area contributed by atoms with Crippen molar-refractivity contribution >= 4 is 0 Å². The van der Waals surface area contributed by atoms with Gasteiger partial charge in [0.25, 0.3) is 0 Å². The van der Waals surface area contributed by atoms with E-state index < -0.39 is 0 Å². The zero-order valence-electron chi connectivity index (χ0n) is 11.8. The zero-order valence-corrected chi connectivity index (χ0v) is 11.8. The molecular weight excluding hydrogens is 264 g/mol. The second-order valence-corrected chi connectivity index (χ2v) is 4.99. The zero-order chi connectivity index (χ0) is 14.7. The molecular formula is C17H16N2O2. The average molecular weight is 280 g/mol. The van der Waals surface area contributed by atoms with E-state index in [1.54, 1.807) is 0 Å². The van der Waals surface area contributed by atoms with E-state index in [2.05, 4.69) is 11.4 Å². The molecule has 1 heterocycles. The molecule has 3 rings (SSSR count). The molecule has 0 aromatic heterocycles. The third kappa shape index (κ3) is 2.83. The number of hydrogen-bond donors (Lipinski definition) is 1. The van der Waals surface area contributed by atoms with Crippen LogP contribution < -0.4 is 14.8 Å². The number of benzene rings is 2. The van der Waals surface area contributed by atoms with Crippen molar-refractivity contribution in [1.29, 1.82) is 5.26 Å². The van der Waals surface area contributed by atoms with Gasteiger partial charge >= 0.3 is 0 Å². The van der Waals surface area contributed by atoms with Crippen LogP contribution in [-0.2, 0) is 6.54 Å². The molecule has 1 aliphatic rings. The van der Waals surface area contributed by atoms with Crippen molar-refractivity contribution in [1.82, 2.24) is 5.32 Å². The van der Waals surface area contributed by atoms with E-state index in [0.717, 1.165) is 28.2 Å². The van der Waals surface area contributed by atoms with Gasteiger partial charge in [-0.25, -0.2) is 0 Å². The lowest BCUT2D eigenvalue weighted by atomic mass is 10.0. The maximum Gasteiger partial charge on any atom is 0.231 e. The van der Waals surface area contributed by atoms with Crippen molar-refractivity contribution in [2.45, 2.75) is 19.5 Å². The van der Waals surface area contributed by atoms with Crippen molar-refractivity contribution in [3.63, 3.8) is 0 Å². The minimum Gasteiger partial charge on any atom is -0.454 e. The number of nitriles is 1. The first kappa shape index (κ1) is 13.5. The quantitative estimate of drug-likeness (QED) is 0.935. The predicted molar refractivity (Wildman–Crippen MR) is 78.9 cm³/mol. The van der Waals surface area contributed by atoms with Gasteiger partial charge in [-0.2, -0.15) is 5.26 Å². The van der Waals surface area contributed by atoms with Crippen LogP contribution in [0.25, 0.3) is 0 Å². The summed E-state index contributed by atoms with van der Waals surface area (Å²) in [5, 5.41) is 12.7. The van der Waals surface area contributed by atoms with E-state index in [1.165, 1.54) is 0 Å². The van der Waals surface area contributed by atoms with Gasteiger partial charge in [-0.3, -0.25) is 5.32 Å². The van der Waals surface area contributed by atoms with Gasteiger partial charge in [0, 0.05) is 6.54 Å². The molecule has 21 heavy (non-hydrogen) atoms. The van der Waals surface area contributed by atoms with Gasteiger partial charge in [-0.15, -0.1) is 0 Å². The molecule has 0 aliphatic carbocycles. The monoisotopic (exact) mass is 280 g/mol. The van der Waals surface area contributed by atoms with Crippen molar-refractivity contribution < 1.29 is 9.47 Å². The van der Waals surface area contributed by atoms with E-state index in [0.29, 0.717) is 6.54 Å². The average Bonchev–Trinajstić information content (AvgIpc) is 2.97. The van der Waals surface area contributed by atoms with Crippen LogP contribution in [0.1, 0.15) is 22.7 Å². The first-order chi connectivity index (χ1) is 10.3. The minimum atomic E-state index is -0.323. The van der Waals surface area contributed by atoms with Crippen molar-refractivity contribution in [2.24, 2.45) is 0 Å². The molecule has 0 amide bonds. The molecule has 0 saturated carbocycles. The number of aryl methyl sites for hydroxylation is 1. The van der Waals surface area contributed by atoms with E-state index >= 15 is 0 Å². The van der Waals surface area contributed by atoms with Crippen molar-refractivity contribution in [3.8, 4) is 17.6 Å². The van der Waals surface area contributed by atoms with E-state index in [4.69, 9.17) is 9.47 Å². The molecule has 4 nitrogen and oxygen atoms in total. The lowest BCUT2D eigenvalue weighted by molar-refractivity contribution is 0.174. The predicted octanol–water partition coefficient (Wildman–Crippen LogP) is 3.08. The molecule has 2 aromatic rings. The van der Waals surface area contributed by atoms with Gasteiger partial charge in [0.05, 0.1) is 6.07 Å². The van der Waals surface area contributed by atoms with Crippen LogP contribution in [0, 0.1) is 18.3 Å². The van der Waals surface area contributed by atoms with Crippen LogP contribution in [0.4, 0.5) is 0 Å². The summed E-state index contributed by atoms with van der Waals surface area (Å²) >= 11 is 0. The van der Waals surface area contributed by atoms with Crippen molar-refractivity contribution in [2.75, 3.05) is 6.79 Å². The fourth-order valence-corrected chi connectivity index (χ4v) is 2.41. The summed E-state index contributed by atoms with van der Waals surface area (Å²) in [7, 11) is 0. The molecule has 0 saturated heterocycles. The Morgan fingerprint density at radius 3 is 2.81 bits per heavy atom. The fourth-order valence-electron chi connectivity index (χ4n) is 2.41. The summed E-state index contributed by atoms with van der Waals surface area (Å²) in [6, 6.07) is 15.7. The molecule has 0 spiro atoms. The summed E-state index contributed by atoms with van der Waals surface area (Å²) in [5.41, 5.74) is 3.19. The van der Waals surface area contributed by atoms with E-state index in [1.807, 2.05) is 49.4 Å². The molecule has 0 radical (unpaired) electrons. The molecule has 1 N–H and O–H groups in total. The summed E-state index contributed by atoms with van der Waals surface area (Å²) < 4.78 is 10.7. The highest BCUT2D eigenvalue weighted by atomic mass is 16.7. The van der Waals surface area contributed by atoms with E-state index in [-0.39, 0.29) is 12.8 Å². The topological polar surface area (TPSA) is 54.3 Å². The molecule has 1 unspecified atom stereocenters. The van der Waals surface area contributed by atoms with Crippen LogP contribution >= 0.6 is 0 Å². The first-order valence-corrected chi connectivity index (χ1v) is 6.85. The summed E-state index contributed by atoms with van der Waals surface area (Å²) in [4.78, 5) is 0. The number of rotatable bonds is 4. The molecule has 4 heteroatoms. The Balaban J connectivity index is 1.71. The third-order valence-corrected chi connectivity index (χ3v) is 3.58. The highest BCUT2D eigenvalue weighted by Gasteiger charge is 2.15. The van der Waals surface area contributed by atoms with Gasteiger partial charge in [-0.05, 0) is 35.7 Å². The summed E-state index contributed by atoms with van der Waals surface area (Å²) in [5.74, 6) is 1.54. The third-order valence-electron chi connectivity index (χ3n) is 3.58. The van der Waals surface area contributed by atoms with Crippen molar-refractivity contribution in [3.05, 3.63) is 59.2 Å². The lowest BCUT2D eigenvalue weighted by Crippen LogP contribution is -2.20. The summed E-state index contributed by atoms with van der Waals surface area (Å²) in [6.07, 6.45) is 0. The minimum absolute atomic E-state index is 0.274. The molecule has 106 valence electrons. The SMILES string of the molecule is Cc1ccccc1C(C#N)NCc1ccc2c(c1)OCO2. The molecule has 2 aromatic carbocycles. The second-order valence-electron chi connectivity index (χ2n) is 4.99. The molecule has 1 aliphatic heterocycles. The van der Waals surface area contributed by atoms with Crippen LogP contribution in [0.3, 0.4) is 0 Å². The lowest BCUT2D eigenvalue weighted by Gasteiger charge is -2.14. The van der Waals surface area contributed by atoms with Crippen LogP contribution in [0.5, 0.6) is 11.5 Å². The maximum atomic E-state index is 9.38. The van der Waals surface area contributed by atoms with Gasteiger partial charge in [0.1, 0.15) is 6.04 Å². The van der Waals surface area contributed by atoms with Crippen LogP contribution in [0.15, 0.2) is 42.5 Å². The molecule has 0 bridgehead atoms. The Labute approximate surface area is 123 Å². The van der Waals surface area contributed by atoms with Gasteiger partial charge < -0.3 is 9.47 Å². The first-order valence-electron chi connectivity index (χ1n) is 6.85. The normalized spacial score (nSPS) is 13.7. The largest absolute Gasteiger partial charge is 0.454 e. The Bertz CT molecular complexity index is 691. The molecule has 1 atom stereocenters. The Hall–Kier alpha value is -2.51. The second kappa shape index (κ2) is 5.86.